The molecule has 0 bridgehead atoms. The van der Waals surface area contributed by atoms with Gasteiger partial charge in [0.05, 0.1) is 0 Å². The molecule has 0 amide bonds. The molecule has 0 unspecified atom stereocenters. The van der Waals surface area contributed by atoms with Gasteiger partial charge in [-0.3, -0.25) is 0 Å². The van der Waals surface area contributed by atoms with E-state index >= 15 is 0 Å². The van der Waals surface area contributed by atoms with Crippen LogP contribution in [0.25, 0.3) is 0 Å². The van der Waals surface area contributed by atoms with Gasteiger partial charge in [-0.25, -0.2) is 0 Å². The molecule has 0 radical (unpaired) electrons. The maximum atomic E-state index is 10.1. The van der Waals surface area contributed by atoms with E-state index in [0.29, 0.717) is 23.3 Å². The first-order chi connectivity index (χ1) is 12.2. The monoisotopic (exact) mass is 338 g/mol. The second-order valence-corrected chi connectivity index (χ2v) is 7.49. The van der Waals surface area contributed by atoms with Gasteiger partial charge in [0.15, 0.2) is 0 Å². The fourth-order valence-electron chi connectivity index (χ4n) is 4.13. The summed E-state index contributed by atoms with van der Waals surface area (Å²) in [4.78, 5) is 0. The quantitative estimate of drug-likeness (QED) is 0.609. The topological polar surface area (TPSA) is 40.5 Å². The SMILES string of the molecule is CCCCCc1cc(C2CCC(c3ccc(O)cc3)CC2)ccc1O. The van der Waals surface area contributed by atoms with Gasteiger partial charge in [0.1, 0.15) is 11.5 Å². The maximum absolute atomic E-state index is 10.1. The lowest BCUT2D eigenvalue weighted by Crippen LogP contribution is -2.12. The molecule has 3 rings (SSSR count). The summed E-state index contributed by atoms with van der Waals surface area (Å²) in [5, 5.41) is 19.6. The number of rotatable bonds is 6. The second-order valence-electron chi connectivity index (χ2n) is 7.49. The Labute approximate surface area is 151 Å². The van der Waals surface area contributed by atoms with Crippen molar-refractivity contribution < 1.29 is 10.2 Å². The van der Waals surface area contributed by atoms with Crippen molar-refractivity contribution in [2.24, 2.45) is 0 Å². The molecular weight excluding hydrogens is 308 g/mol. The van der Waals surface area contributed by atoms with Crippen LogP contribution in [-0.2, 0) is 6.42 Å². The number of unbranched alkanes of at least 4 members (excludes halogenated alkanes) is 2. The summed E-state index contributed by atoms with van der Waals surface area (Å²) >= 11 is 0. The van der Waals surface area contributed by atoms with Crippen molar-refractivity contribution in [2.75, 3.05) is 0 Å². The summed E-state index contributed by atoms with van der Waals surface area (Å²) in [5.74, 6) is 2.02. The van der Waals surface area contributed by atoms with Crippen molar-refractivity contribution in [2.45, 2.75) is 70.1 Å². The second kappa shape index (κ2) is 8.42. The molecule has 0 atom stereocenters. The van der Waals surface area contributed by atoms with Crippen molar-refractivity contribution in [3.63, 3.8) is 0 Å². The molecule has 134 valence electrons. The largest absolute Gasteiger partial charge is 0.508 e. The van der Waals surface area contributed by atoms with E-state index in [0.717, 1.165) is 18.4 Å². The minimum absolute atomic E-state index is 0.345. The number of phenolic OH excluding ortho intramolecular Hbond substituents is 2. The van der Waals surface area contributed by atoms with Crippen molar-refractivity contribution >= 4 is 0 Å². The Morgan fingerprint density at radius 2 is 1.40 bits per heavy atom. The number of phenols is 2. The van der Waals surface area contributed by atoms with Crippen LogP contribution in [0.15, 0.2) is 42.5 Å². The molecule has 1 fully saturated rings. The predicted octanol–water partition coefficient (Wildman–Crippen LogP) is 6.27. The standard InChI is InChI=1S/C23H30O2/c1-2-3-4-5-21-16-20(12-15-23(21)25)19-8-6-17(7-9-19)18-10-13-22(24)14-11-18/h10-17,19,24-25H,2-9H2,1H3. The van der Waals surface area contributed by atoms with Crippen LogP contribution in [0.5, 0.6) is 11.5 Å². The van der Waals surface area contributed by atoms with E-state index in [9.17, 15) is 10.2 Å². The first kappa shape index (κ1) is 17.8. The van der Waals surface area contributed by atoms with Gasteiger partial charge in [-0.2, -0.15) is 0 Å². The molecule has 1 aliphatic carbocycles. The maximum Gasteiger partial charge on any atom is 0.118 e. The first-order valence-corrected chi connectivity index (χ1v) is 9.78. The van der Waals surface area contributed by atoms with Crippen molar-refractivity contribution in [1.82, 2.24) is 0 Å². The highest BCUT2D eigenvalue weighted by Gasteiger charge is 2.24. The Kier molecular flexibility index (Phi) is 6.01. The van der Waals surface area contributed by atoms with Crippen molar-refractivity contribution in [3.8, 4) is 11.5 Å². The van der Waals surface area contributed by atoms with E-state index in [1.165, 1.54) is 49.7 Å². The Bertz CT molecular complexity index is 667. The Hall–Kier alpha value is -1.96. The minimum Gasteiger partial charge on any atom is -0.508 e. The molecule has 2 nitrogen and oxygen atoms in total. The number of hydrogen-bond acceptors (Lipinski definition) is 2. The zero-order chi connectivity index (χ0) is 17.6. The Balaban J connectivity index is 1.62. The van der Waals surface area contributed by atoms with Gasteiger partial charge in [0.2, 0.25) is 0 Å². The third kappa shape index (κ3) is 4.56. The van der Waals surface area contributed by atoms with E-state index in [2.05, 4.69) is 31.2 Å². The van der Waals surface area contributed by atoms with Gasteiger partial charge < -0.3 is 10.2 Å². The van der Waals surface area contributed by atoms with Gasteiger partial charge in [-0.1, -0.05) is 44.0 Å². The molecule has 1 aliphatic rings. The van der Waals surface area contributed by atoms with Gasteiger partial charge in [-0.15, -0.1) is 0 Å². The normalized spacial score (nSPS) is 20.5. The van der Waals surface area contributed by atoms with E-state index in [-0.39, 0.29) is 0 Å². The smallest absolute Gasteiger partial charge is 0.118 e. The molecule has 0 spiro atoms. The summed E-state index contributed by atoms with van der Waals surface area (Å²) in [6.45, 7) is 2.21. The number of benzene rings is 2. The zero-order valence-electron chi connectivity index (χ0n) is 15.2. The molecule has 2 N–H and O–H groups in total. The molecule has 0 saturated heterocycles. The number of aromatic hydroxyl groups is 2. The fraction of sp³-hybridized carbons (Fsp3) is 0.478. The Morgan fingerprint density at radius 1 is 0.800 bits per heavy atom. The van der Waals surface area contributed by atoms with Crippen molar-refractivity contribution in [3.05, 3.63) is 59.2 Å². The van der Waals surface area contributed by atoms with Crippen LogP contribution >= 0.6 is 0 Å². The van der Waals surface area contributed by atoms with Crippen LogP contribution in [0.4, 0.5) is 0 Å². The van der Waals surface area contributed by atoms with Crippen LogP contribution in [0.1, 0.15) is 80.4 Å². The van der Waals surface area contributed by atoms with Crippen LogP contribution < -0.4 is 0 Å². The molecule has 1 saturated carbocycles. The number of aryl methyl sites for hydroxylation is 1. The highest BCUT2D eigenvalue weighted by Crippen LogP contribution is 2.41. The highest BCUT2D eigenvalue weighted by molar-refractivity contribution is 5.38. The predicted molar refractivity (Wildman–Crippen MR) is 103 cm³/mol. The van der Waals surface area contributed by atoms with E-state index in [1.54, 1.807) is 12.1 Å². The summed E-state index contributed by atoms with van der Waals surface area (Å²) in [6.07, 6.45) is 9.36. The summed E-state index contributed by atoms with van der Waals surface area (Å²) < 4.78 is 0. The molecule has 0 heterocycles. The van der Waals surface area contributed by atoms with Gasteiger partial charge in [0.25, 0.3) is 0 Å². The van der Waals surface area contributed by atoms with Crippen LogP contribution in [-0.4, -0.2) is 10.2 Å². The lowest BCUT2D eigenvalue weighted by Gasteiger charge is -2.29. The third-order valence-electron chi connectivity index (χ3n) is 5.72. The van der Waals surface area contributed by atoms with E-state index < -0.39 is 0 Å². The van der Waals surface area contributed by atoms with Gasteiger partial charge in [0, 0.05) is 0 Å². The minimum atomic E-state index is 0.345. The van der Waals surface area contributed by atoms with E-state index in [4.69, 9.17) is 0 Å². The molecule has 0 aromatic heterocycles. The third-order valence-corrected chi connectivity index (χ3v) is 5.72. The molecule has 2 heteroatoms. The lowest BCUT2D eigenvalue weighted by atomic mass is 9.76. The first-order valence-electron chi connectivity index (χ1n) is 9.78. The summed E-state index contributed by atoms with van der Waals surface area (Å²) in [7, 11) is 0. The van der Waals surface area contributed by atoms with Crippen LogP contribution in [0, 0.1) is 0 Å². The average Bonchev–Trinajstić information content (AvgIpc) is 2.64. The summed E-state index contributed by atoms with van der Waals surface area (Å²) in [5.41, 5.74) is 3.86. The molecule has 0 aliphatic heterocycles. The lowest BCUT2D eigenvalue weighted by molar-refractivity contribution is 0.395. The van der Waals surface area contributed by atoms with E-state index in [1.807, 2.05) is 6.07 Å². The fourth-order valence-corrected chi connectivity index (χ4v) is 4.13. The molecule has 2 aromatic rings. The summed E-state index contributed by atoms with van der Waals surface area (Å²) in [6, 6.07) is 14.0. The zero-order valence-corrected chi connectivity index (χ0v) is 15.2. The average molecular weight is 338 g/mol. The van der Waals surface area contributed by atoms with Crippen LogP contribution in [0.2, 0.25) is 0 Å². The Morgan fingerprint density at radius 3 is 2.04 bits per heavy atom. The highest BCUT2D eigenvalue weighted by atomic mass is 16.3. The van der Waals surface area contributed by atoms with Gasteiger partial charge >= 0.3 is 0 Å². The van der Waals surface area contributed by atoms with Gasteiger partial charge in [-0.05, 0) is 85.3 Å². The number of hydrogen-bond donors (Lipinski definition) is 2. The molecule has 25 heavy (non-hydrogen) atoms. The molecular formula is C23H30O2. The van der Waals surface area contributed by atoms with Crippen molar-refractivity contribution in [1.29, 1.82) is 0 Å². The molecule has 2 aromatic carbocycles. The van der Waals surface area contributed by atoms with Crippen LogP contribution in [0.3, 0.4) is 0 Å².